The number of hydrogen-bond acceptors (Lipinski definition) is 3. The molecule has 1 N–H and O–H groups in total. The number of para-hydroxylation sites is 1. The molecule has 0 radical (unpaired) electrons. The van der Waals surface area contributed by atoms with Gasteiger partial charge in [0.2, 0.25) is 5.91 Å². The van der Waals surface area contributed by atoms with Gasteiger partial charge in [-0.15, -0.1) is 0 Å². The molecule has 4 nitrogen and oxygen atoms in total. The number of alkyl halides is 3. The molecule has 0 bridgehead atoms. The van der Waals surface area contributed by atoms with Crippen LogP contribution >= 0.6 is 11.8 Å². The van der Waals surface area contributed by atoms with Crippen molar-refractivity contribution in [1.82, 2.24) is 9.55 Å². The van der Waals surface area contributed by atoms with Crippen molar-refractivity contribution in [2.45, 2.75) is 30.1 Å². The van der Waals surface area contributed by atoms with E-state index in [1.54, 1.807) is 30.3 Å². The topological polar surface area (TPSA) is 46.9 Å². The number of carbonyl (C=O) groups excluding carboxylic acids is 1. The Morgan fingerprint density at radius 3 is 2.33 bits per heavy atom. The number of nitrogens with one attached hydrogen (secondary N) is 1. The second kappa shape index (κ2) is 8.86. The van der Waals surface area contributed by atoms with Crippen LogP contribution < -0.4 is 5.32 Å². The Bertz CT molecular complexity index is 1020. The molecule has 0 spiro atoms. The lowest BCUT2D eigenvalue weighted by Gasteiger charge is -2.16. The molecule has 158 valence electrons. The van der Waals surface area contributed by atoms with E-state index < -0.39 is 41.2 Å². The second-order valence-corrected chi connectivity index (χ2v) is 7.65. The number of imidazole rings is 1. The van der Waals surface area contributed by atoms with Crippen LogP contribution in [0.15, 0.2) is 59.9 Å². The van der Waals surface area contributed by atoms with Crippen molar-refractivity contribution in [3.8, 4) is 11.3 Å². The maximum Gasteiger partial charge on any atom is 0.406 e. The number of nitrogens with zero attached hydrogens (tertiary/aromatic N) is 2. The van der Waals surface area contributed by atoms with Gasteiger partial charge in [-0.1, -0.05) is 48.2 Å². The second-order valence-electron chi connectivity index (χ2n) is 6.34. The molecule has 1 amide bonds. The molecule has 1 unspecified atom stereocenters. The van der Waals surface area contributed by atoms with E-state index in [9.17, 15) is 26.7 Å². The minimum atomic E-state index is -4.51. The molecule has 1 heterocycles. The Labute approximate surface area is 173 Å². The average molecular weight is 441 g/mol. The zero-order valence-electron chi connectivity index (χ0n) is 15.6. The summed E-state index contributed by atoms with van der Waals surface area (Å²) in [7, 11) is 0. The SMILES string of the molecule is CC(Sc1ncc(-c2ccccc2)n1CC(F)(F)F)C(=O)Nc1c(F)cccc1F. The largest absolute Gasteiger partial charge is 0.406 e. The highest BCUT2D eigenvalue weighted by atomic mass is 32.2. The maximum absolute atomic E-state index is 13.7. The summed E-state index contributed by atoms with van der Waals surface area (Å²) in [6, 6.07) is 11.5. The average Bonchev–Trinajstić information content (AvgIpc) is 3.06. The molecule has 0 aliphatic rings. The van der Waals surface area contributed by atoms with Crippen molar-refractivity contribution in [3.63, 3.8) is 0 Å². The third kappa shape index (κ3) is 5.18. The summed E-state index contributed by atoms with van der Waals surface area (Å²) >= 11 is 0.760. The van der Waals surface area contributed by atoms with Gasteiger partial charge in [-0.05, 0) is 24.6 Å². The zero-order valence-corrected chi connectivity index (χ0v) is 16.4. The lowest BCUT2D eigenvalue weighted by atomic mass is 10.2. The van der Waals surface area contributed by atoms with E-state index in [2.05, 4.69) is 10.3 Å². The molecule has 0 saturated heterocycles. The molecule has 0 saturated carbocycles. The number of carbonyl (C=O) groups is 1. The monoisotopic (exact) mass is 441 g/mol. The van der Waals surface area contributed by atoms with Gasteiger partial charge in [0.15, 0.2) is 5.16 Å². The van der Waals surface area contributed by atoms with Gasteiger partial charge in [-0.3, -0.25) is 4.79 Å². The number of halogens is 5. The minimum absolute atomic E-state index is 0.0390. The van der Waals surface area contributed by atoms with Gasteiger partial charge in [-0.2, -0.15) is 13.2 Å². The lowest BCUT2D eigenvalue weighted by molar-refractivity contribution is -0.141. The van der Waals surface area contributed by atoms with Crippen LogP contribution in [-0.2, 0) is 11.3 Å². The molecule has 10 heteroatoms. The highest BCUT2D eigenvalue weighted by Gasteiger charge is 2.31. The summed E-state index contributed by atoms with van der Waals surface area (Å²) in [4.78, 5) is 16.4. The van der Waals surface area contributed by atoms with Gasteiger partial charge in [0.25, 0.3) is 0 Å². The van der Waals surface area contributed by atoms with Gasteiger partial charge in [0, 0.05) is 0 Å². The molecule has 3 aromatic rings. The number of amides is 1. The molecule has 2 aromatic carbocycles. The maximum atomic E-state index is 13.7. The standard InChI is InChI=1S/C20H16F5N3OS/c1-12(18(29)27-17-14(21)8-5-9-15(17)22)30-19-26-10-16(13-6-3-2-4-7-13)28(19)11-20(23,24)25/h2-10,12H,11H2,1H3,(H,27,29). The molecular formula is C20H16F5N3OS. The highest BCUT2D eigenvalue weighted by molar-refractivity contribution is 8.00. The first-order valence-electron chi connectivity index (χ1n) is 8.75. The van der Waals surface area contributed by atoms with Gasteiger partial charge in [0.1, 0.15) is 23.9 Å². The van der Waals surface area contributed by atoms with Gasteiger partial charge >= 0.3 is 6.18 Å². The third-order valence-corrected chi connectivity index (χ3v) is 5.19. The van der Waals surface area contributed by atoms with Gasteiger partial charge < -0.3 is 9.88 Å². The zero-order chi connectivity index (χ0) is 21.9. The first-order valence-corrected chi connectivity index (χ1v) is 9.63. The molecule has 0 aliphatic carbocycles. The Morgan fingerprint density at radius 2 is 1.73 bits per heavy atom. The smallest absolute Gasteiger partial charge is 0.320 e. The van der Waals surface area contributed by atoms with Crippen LogP contribution in [0.3, 0.4) is 0 Å². The van der Waals surface area contributed by atoms with Crippen LogP contribution in [0.25, 0.3) is 11.3 Å². The molecule has 0 fully saturated rings. The third-order valence-electron chi connectivity index (χ3n) is 4.09. The molecule has 1 aromatic heterocycles. The summed E-state index contributed by atoms with van der Waals surface area (Å²) in [6.45, 7) is 0.114. The van der Waals surface area contributed by atoms with Crippen LogP contribution in [0.4, 0.5) is 27.6 Å². The van der Waals surface area contributed by atoms with Crippen LogP contribution in [0, 0.1) is 11.6 Å². The summed E-state index contributed by atoms with van der Waals surface area (Å²) in [5.74, 6) is -2.68. The van der Waals surface area contributed by atoms with E-state index in [-0.39, 0.29) is 10.9 Å². The molecule has 1 atom stereocenters. The fourth-order valence-electron chi connectivity index (χ4n) is 2.68. The van der Waals surface area contributed by atoms with Crippen molar-refractivity contribution < 1.29 is 26.7 Å². The Kier molecular flexibility index (Phi) is 6.45. The molecule has 0 aliphatic heterocycles. The van der Waals surface area contributed by atoms with Gasteiger partial charge in [0.05, 0.1) is 17.1 Å². The predicted molar refractivity (Wildman–Crippen MR) is 104 cm³/mol. The number of benzene rings is 2. The van der Waals surface area contributed by atoms with Gasteiger partial charge in [-0.25, -0.2) is 13.8 Å². The molecule has 30 heavy (non-hydrogen) atoms. The van der Waals surface area contributed by atoms with Crippen LogP contribution in [0.2, 0.25) is 0 Å². The first kappa shape index (κ1) is 21.8. The fraction of sp³-hybridized carbons (Fsp3) is 0.200. The quantitative estimate of drug-likeness (QED) is 0.405. The van der Waals surface area contributed by atoms with Crippen molar-refractivity contribution in [2.24, 2.45) is 0 Å². The Hall–Kier alpha value is -2.88. The summed E-state index contributed by atoms with van der Waals surface area (Å²) in [6.07, 6.45) is -3.22. The Balaban J connectivity index is 1.85. The van der Waals surface area contributed by atoms with E-state index in [1.165, 1.54) is 13.1 Å². The van der Waals surface area contributed by atoms with Crippen LogP contribution in [-0.4, -0.2) is 26.9 Å². The number of rotatable bonds is 6. The number of anilines is 1. The van der Waals surface area contributed by atoms with E-state index in [0.29, 0.717) is 5.56 Å². The first-order chi connectivity index (χ1) is 14.2. The van der Waals surface area contributed by atoms with E-state index >= 15 is 0 Å². The van der Waals surface area contributed by atoms with Crippen molar-refractivity contribution >= 4 is 23.4 Å². The number of thioether (sulfide) groups is 1. The fourth-order valence-corrected chi connectivity index (χ4v) is 3.56. The number of aromatic nitrogens is 2. The van der Waals surface area contributed by atoms with Crippen molar-refractivity contribution in [2.75, 3.05) is 5.32 Å². The molecular weight excluding hydrogens is 425 g/mol. The summed E-state index contributed by atoms with van der Waals surface area (Å²) < 4.78 is 67.9. The number of hydrogen-bond donors (Lipinski definition) is 1. The predicted octanol–water partition coefficient (Wildman–Crippen LogP) is 5.51. The van der Waals surface area contributed by atoms with Crippen LogP contribution in [0.5, 0.6) is 0 Å². The summed E-state index contributed by atoms with van der Waals surface area (Å²) in [5.41, 5.74) is 0.161. The highest BCUT2D eigenvalue weighted by Crippen LogP contribution is 2.32. The summed E-state index contributed by atoms with van der Waals surface area (Å²) in [5, 5.41) is 1.13. The van der Waals surface area contributed by atoms with E-state index in [0.717, 1.165) is 34.5 Å². The Morgan fingerprint density at radius 1 is 1.10 bits per heavy atom. The van der Waals surface area contributed by atoms with Crippen molar-refractivity contribution in [3.05, 3.63) is 66.4 Å². The molecule has 3 rings (SSSR count). The van der Waals surface area contributed by atoms with Crippen LogP contribution in [0.1, 0.15) is 6.92 Å². The minimum Gasteiger partial charge on any atom is -0.320 e. The van der Waals surface area contributed by atoms with E-state index in [1.807, 2.05) is 0 Å². The normalized spacial score (nSPS) is 12.6. The lowest BCUT2D eigenvalue weighted by Crippen LogP contribution is -2.25. The van der Waals surface area contributed by atoms with Crippen molar-refractivity contribution in [1.29, 1.82) is 0 Å². The van der Waals surface area contributed by atoms with E-state index in [4.69, 9.17) is 0 Å².